The predicted molar refractivity (Wildman–Crippen MR) is 79.6 cm³/mol. The Labute approximate surface area is 139 Å². The van der Waals surface area contributed by atoms with Crippen LogP contribution in [-0.4, -0.2) is 23.6 Å². The molecule has 2 aromatic carbocycles. The Hall–Kier alpha value is -1.73. The fourth-order valence-electron chi connectivity index (χ4n) is 1.65. The van der Waals surface area contributed by atoms with E-state index in [9.17, 15) is 26.3 Å². The van der Waals surface area contributed by atoms with Crippen LogP contribution < -0.4 is 0 Å². The topological polar surface area (TPSA) is 20.2 Å². The van der Waals surface area contributed by atoms with Gasteiger partial charge in [0.2, 0.25) is 6.10 Å². The van der Waals surface area contributed by atoms with Gasteiger partial charge in [-0.25, -0.2) is 0 Å². The van der Waals surface area contributed by atoms with E-state index in [1.54, 1.807) is 0 Å². The molecule has 0 atom stereocenters. The molecule has 0 radical (unpaired) electrons. The number of halogens is 7. The summed E-state index contributed by atoms with van der Waals surface area (Å²) in [5, 5.41) is 7.47. The van der Waals surface area contributed by atoms with E-state index in [4.69, 9.17) is 16.7 Å². The summed E-state index contributed by atoms with van der Waals surface area (Å²) in [5.41, 5.74) is 3.62. The van der Waals surface area contributed by atoms with Crippen molar-refractivity contribution in [3.05, 3.63) is 60.2 Å². The molecule has 0 bridgehead atoms. The normalized spacial score (nSPS) is 11.9. The highest BCUT2D eigenvalue weighted by Crippen LogP contribution is 2.32. The third kappa shape index (κ3) is 6.41. The number of aliphatic hydroxyl groups excluding tert-OH is 1. The molecular weight excluding hydrogens is 358 g/mol. The van der Waals surface area contributed by atoms with Crippen LogP contribution in [0.3, 0.4) is 0 Å². The molecule has 0 unspecified atom stereocenters. The quantitative estimate of drug-likeness (QED) is 0.541. The Morgan fingerprint density at radius 3 is 1.71 bits per heavy atom. The van der Waals surface area contributed by atoms with Gasteiger partial charge < -0.3 is 5.11 Å². The summed E-state index contributed by atoms with van der Waals surface area (Å²) in [6, 6.07) is 18.6. The summed E-state index contributed by atoms with van der Waals surface area (Å²) in [4.78, 5) is 0. The lowest BCUT2D eigenvalue weighted by Crippen LogP contribution is -2.41. The van der Waals surface area contributed by atoms with E-state index >= 15 is 0 Å². The first-order chi connectivity index (χ1) is 11.1. The molecule has 1 nitrogen and oxygen atoms in total. The van der Waals surface area contributed by atoms with Crippen molar-refractivity contribution in [1.29, 1.82) is 0 Å². The maximum Gasteiger partial charge on any atom is 0.423 e. The molecule has 132 valence electrons. The first kappa shape index (κ1) is 20.3. The van der Waals surface area contributed by atoms with E-state index < -0.39 is 18.5 Å². The van der Waals surface area contributed by atoms with Crippen LogP contribution in [0.25, 0.3) is 11.1 Å². The fourth-order valence-corrected chi connectivity index (χ4v) is 1.82. The lowest BCUT2D eigenvalue weighted by atomic mass is 10.0. The van der Waals surface area contributed by atoms with Crippen LogP contribution in [0.4, 0.5) is 26.3 Å². The second-order valence-corrected chi connectivity index (χ2v) is 4.95. The molecule has 8 heteroatoms. The van der Waals surface area contributed by atoms with Gasteiger partial charge >= 0.3 is 12.4 Å². The van der Waals surface area contributed by atoms with E-state index in [-0.39, 0.29) is 0 Å². The van der Waals surface area contributed by atoms with Crippen molar-refractivity contribution in [2.24, 2.45) is 0 Å². The van der Waals surface area contributed by atoms with Gasteiger partial charge in [0, 0.05) is 5.88 Å². The minimum atomic E-state index is -5.63. The van der Waals surface area contributed by atoms with Gasteiger partial charge in [-0.1, -0.05) is 48.5 Å². The van der Waals surface area contributed by atoms with Crippen LogP contribution in [0.15, 0.2) is 54.6 Å². The van der Waals surface area contributed by atoms with Crippen molar-refractivity contribution in [3.63, 3.8) is 0 Å². The molecule has 0 aliphatic heterocycles. The molecule has 0 fully saturated rings. The van der Waals surface area contributed by atoms with Gasteiger partial charge in [-0.2, -0.15) is 26.3 Å². The van der Waals surface area contributed by atoms with Gasteiger partial charge in [0.1, 0.15) is 0 Å². The zero-order valence-corrected chi connectivity index (χ0v) is 12.8. The lowest BCUT2D eigenvalue weighted by Gasteiger charge is -2.16. The molecule has 0 aliphatic rings. The third-order valence-electron chi connectivity index (χ3n) is 2.81. The number of hydrogen-bond acceptors (Lipinski definition) is 1. The summed E-state index contributed by atoms with van der Waals surface area (Å²) in [6.07, 6.45) is -15.5. The maximum atomic E-state index is 11.0. The Morgan fingerprint density at radius 1 is 0.792 bits per heavy atom. The van der Waals surface area contributed by atoms with Gasteiger partial charge in [0.05, 0.1) is 0 Å². The third-order valence-corrected chi connectivity index (χ3v) is 3.12. The van der Waals surface area contributed by atoms with E-state index in [2.05, 4.69) is 24.3 Å². The van der Waals surface area contributed by atoms with Crippen LogP contribution in [-0.2, 0) is 5.88 Å². The van der Waals surface area contributed by atoms with Crippen molar-refractivity contribution in [3.8, 4) is 11.1 Å². The van der Waals surface area contributed by atoms with E-state index in [0.717, 1.165) is 5.56 Å². The second kappa shape index (κ2) is 8.39. The van der Waals surface area contributed by atoms with E-state index in [1.165, 1.54) is 11.1 Å². The number of aliphatic hydroxyl groups is 1. The predicted octanol–water partition coefficient (Wildman–Crippen LogP) is 5.56. The smallest absolute Gasteiger partial charge is 0.377 e. The first-order valence-corrected chi connectivity index (χ1v) is 7.11. The highest BCUT2D eigenvalue weighted by molar-refractivity contribution is 6.17. The number of benzene rings is 2. The fraction of sp³-hybridized carbons (Fsp3) is 0.250. The highest BCUT2D eigenvalue weighted by Gasteiger charge is 2.55. The Morgan fingerprint density at radius 2 is 1.29 bits per heavy atom. The molecule has 0 saturated carbocycles. The van der Waals surface area contributed by atoms with Crippen LogP contribution in [0, 0.1) is 0 Å². The van der Waals surface area contributed by atoms with Gasteiger partial charge in [-0.3, -0.25) is 0 Å². The SMILES string of the molecule is ClCc1cccc(-c2ccccc2)c1.OC(C(F)(F)F)C(F)(F)F. The standard InChI is InChI=1S/C13H11Cl.C3H2F6O/c14-10-11-5-4-8-13(9-11)12-6-2-1-3-7-12;4-2(5,6)1(10)3(7,8)9/h1-9H,10H2;1,10H. The minimum absolute atomic E-state index is 0.570. The van der Waals surface area contributed by atoms with E-state index in [0.29, 0.717) is 5.88 Å². The Balaban J connectivity index is 0.000000257. The molecule has 0 spiro atoms. The maximum absolute atomic E-state index is 11.0. The molecule has 24 heavy (non-hydrogen) atoms. The average Bonchev–Trinajstić information content (AvgIpc) is 2.54. The molecule has 0 saturated heterocycles. The van der Waals surface area contributed by atoms with Crippen molar-refractivity contribution in [2.45, 2.75) is 24.3 Å². The molecule has 2 rings (SSSR count). The molecule has 0 aliphatic carbocycles. The molecular formula is C16H13ClF6O. The first-order valence-electron chi connectivity index (χ1n) is 6.57. The molecule has 2 aromatic rings. The average molecular weight is 371 g/mol. The highest BCUT2D eigenvalue weighted by atomic mass is 35.5. The monoisotopic (exact) mass is 370 g/mol. The van der Waals surface area contributed by atoms with Crippen molar-refractivity contribution in [2.75, 3.05) is 0 Å². The van der Waals surface area contributed by atoms with E-state index in [1.807, 2.05) is 30.3 Å². The summed E-state index contributed by atoms with van der Waals surface area (Å²) >= 11 is 5.79. The zero-order chi connectivity index (χ0) is 18.4. The van der Waals surface area contributed by atoms with Crippen molar-refractivity contribution in [1.82, 2.24) is 0 Å². The van der Waals surface area contributed by atoms with Crippen LogP contribution in [0.2, 0.25) is 0 Å². The zero-order valence-electron chi connectivity index (χ0n) is 12.1. The molecule has 0 aromatic heterocycles. The van der Waals surface area contributed by atoms with Gasteiger partial charge in [-0.05, 0) is 22.8 Å². The molecule has 0 heterocycles. The van der Waals surface area contributed by atoms with Crippen LogP contribution in [0.5, 0.6) is 0 Å². The van der Waals surface area contributed by atoms with Gasteiger partial charge in [0.25, 0.3) is 0 Å². The second-order valence-electron chi connectivity index (χ2n) is 4.69. The van der Waals surface area contributed by atoms with Crippen LogP contribution in [0.1, 0.15) is 5.56 Å². The van der Waals surface area contributed by atoms with Crippen LogP contribution >= 0.6 is 11.6 Å². The van der Waals surface area contributed by atoms with Gasteiger partial charge in [0.15, 0.2) is 0 Å². The minimum Gasteiger partial charge on any atom is -0.377 e. The summed E-state index contributed by atoms with van der Waals surface area (Å²) in [7, 11) is 0. The molecule has 0 amide bonds. The summed E-state index contributed by atoms with van der Waals surface area (Å²) < 4.78 is 65.9. The van der Waals surface area contributed by atoms with Crippen molar-refractivity contribution < 1.29 is 31.4 Å². The lowest BCUT2D eigenvalue weighted by molar-refractivity contribution is -0.308. The largest absolute Gasteiger partial charge is 0.423 e. The summed E-state index contributed by atoms with van der Waals surface area (Å²) in [6.45, 7) is 0. The van der Waals surface area contributed by atoms with Gasteiger partial charge in [-0.15, -0.1) is 11.6 Å². The molecule has 1 N–H and O–H groups in total. The van der Waals surface area contributed by atoms with Crippen molar-refractivity contribution >= 4 is 11.6 Å². The number of hydrogen-bond donors (Lipinski definition) is 1. The number of rotatable bonds is 2. The Kier molecular flexibility index (Phi) is 7.10. The Bertz CT molecular complexity index is 610. The number of alkyl halides is 7. The summed E-state index contributed by atoms with van der Waals surface area (Å²) in [5.74, 6) is 0.570.